The molecular weight excluding hydrogens is 1010 g/mol. The Kier molecular flexibility index (Phi) is 24.6. The molecule has 0 amide bonds. The number of benzene rings is 7. The van der Waals surface area contributed by atoms with Gasteiger partial charge in [0.2, 0.25) is 0 Å². The first-order valence-electron chi connectivity index (χ1n) is 30.3. The number of hydrogen-bond acceptors (Lipinski definition) is 3. The fourth-order valence-corrected chi connectivity index (χ4v) is 11.1. The Hall–Kier alpha value is -8.41. The van der Waals surface area contributed by atoms with Gasteiger partial charge in [-0.25, -0.2) is 0 Å². The summed E-state index contributed by atoms with van der Waals surface area (Å²) in [6.07, 6.45) is 11.3. The summed E-state index contributed by atoms with van der Waals surface area (Å²) in [7, 11) is 0. The smallest absolute Gasteiger partial charge is 0.0494 e. The normalized spacial score (nSPS) is 12.5. The highest BCUT2D eigenvalue weighted by molar-refractivity contribution is 6.09. The van der Waals surface area contributed by atoms with Gasteiger partial charge in [0, 0.05) is 91.9 Å². The third-order valence-electron chi connectivity index (χ3n) is 16.0. The van der Waals surface area contributed by atoms with Crippen molar-refractivity contribution in [3.8, 4) is 0 Å². The molecule has 426 valence electrons. The summed E-state index contributed by atoms with van der Waals surface area (Å²) in [6.45, 7) is 23.0. The van der Waals surface area contributed by atoms with Gasteiger partial charge in [0.25, 0.3) is 0 Å². The molecule has 12 aromatic rings. The van der Waals surface area contributed by atoms with E-state index < -0.39 is 0 Å². The van der Waals surface area contributed by atoms with Crippen LogP contribution in [0.4, 0.5) is 0 Å². The molecule has 0 aliphatic heterocycles. The predicted molar refractivity (Wildman–Crippen MR) is 358 cm³/mol. The van der Waals surface area contributed by atoms with Crippen LogP contribution in [0, 0.1) is 20.8 Å². The first-order valence-corrected chi connectivity index (χ1v) is 30.3. The second kappa shape index (κ2) is 32.9. The Labute approximate surface area is 497 Å². The van der Waals surface area contributed by atoms with Crippen LogP contribution in [0.25, 0.3) is 43.6 Å². The number of aryl methyl sites for hydroxylation is 4. The standard InChI is InChI=1S/C26H29N.C24H25N.C10H14.3C6H7N/c1-4-20(21-11-7-6-8-12-21)17-19(3)22-15-16-24-23-13-9-10-14-25(23)27(5-2)26(24)18-22;1-3-19(20-11-5-4-6-12-20)17-18(2)25-23-15-9-7-13-21(23)22-14-8-10-16-24(22)25;1-3-9(2)10-7-5-4-6-8-10;3*1-6-4-2-3-5-7-6/h6-16,18-20H,4-5,17H2,1-3H3;4-16,18-19H,3,17H2,1-2H3;4-9H,3H2,1-2H3;3*2-5H,1H3. The average Bonchev–Trinajstić information content (AvgIpc) is 3.27. The molecule has 12 rings (SSSR count). The summed E-state index contributed by atoms with van der Waals surface area (Å²) in [5, 5.41) is 5.46. The highest BCUT2D eigenvalue weighted by Crippen LogP contribution is 2.38. The molecule has 5 unspecified atom stereocenters. The van der Waals surface area contributed by atoms with Crippen LogP contribution in [0.2, 0.25) is 0 Å². The van der Waals surface area contributed by atoms with Crippen molar-refractivity contribution in [1.29, 1.82) is 0 Å². The minimum atomic E-state index is 0.454. The maximum Gasteiger partial charge on any atom is 0.0494 e. The fraction of sp³-hybridized carbons (Fsp3) is 0.269. The van der Waals surface area contributed by atoms with E-state index in [2.05, 4.69) is 255 Å². The lowest BCUT2D eigenvalue weighted by atomic mass is 9.84. The van der Waals surface area contributed by atoms with Crippen molar-refractivity contribution < 1.29 is 0 Å². The molecule has 0 aliphatic carbocycles. The number of fused-ring (bicyclic) bond motifs is 6. The number of rotatable bonds is 13. The van der Waals surface area contributed by atoms with Crippen molar-refractivity contribution in [3.63, 3.8) is 0 Å². The highest BCUT2D eigenvalue weighted by Gasteiger charge is 2.20. The largest absolute Gasteiger partial charge is 0.341 e. The Bertz CT molecular complexity index is 3560. The number of para-hydroxylation sites is 3. The molecule has 83 heavy (non-hydrogen) atoms. The van der Waals surface area contributed by atoms with Gasteiger partial charge in [-0.3, -0.25) is 15.0 Å². The van der Waals surface area contributed by atoms with Gasteiger partial charge in [-0.2, -0.15) is 0 Å². The lowest BCUT2D eigenvalue weighted by Crippen LogP contribution is -2.10. The third kappa shape index (κ3) is 17.8. The van der Waals surface area contributed by atoms with Gasteiger partial charge < -0.3 is 9.13 Å². The molecule has 5 heterocycles. The molecule has 0 fully saturated rings. The zero-order chi connectivity index (χ0) is 58.8. The van der Waals surface area contributed by atoms with Crippen molar-refractivity contribution in [2.75, 3.05) is 0 Å². The summed E-state index contributed by atoms with van der Waals surface area (Å²) in [6, 6.07) is 84.1. The molecular formula is C78H89N5. The summed E-state index contributed by atoms with van der Waals surface area (Å²) in [4.78, 5) is 11.9. The Morgan fingerprint density at radius 1 is 0.325 bits per heavy atom. The molecule has 7 aromatic carbocycles. The van der Waals surface area contributed by atoms with Crippen molar-refractivity contribution >= 4 is 43.6 Å². The fourth-order valence-electron chi connectivity index (χ4n) is 11.1. The van der Waals surface area contributed by atoms with Crippen LogP contribution in [-0.4, -0.2) is 24.1 Å². The van der Waals surface area contributed by atoms with Gasteiger partial charge in [-0.15, -0.1) is 0 Å². The first kappa shape index (κ1) is 62.2. The second-order valence-electron chi connectivity index (χ2n) is 21.8. The molecule has 0 spiro atoms. The molecule has 0 saturated carbocycles. The molecule has 5 heteroatoms. The van der Waals surface area contributed by atoms with E-state index in [-0.39, 0.29) is 0 Å². The Morgan fingerprint density at radius 3 is 1.08 bits per heavy atom. The SMILES string of the molecule is CCC(C)c1ccccc1.CCC(CC(C)c1ccc2c3ccccc3n(CC)c2c1)c1ccccc1.CCC(CC(C)n1c2ccccc2c2ccccc21)c1ccccc1.Cc1ccccn1.Cc1ccccn1.Cc1ccccn1. The quantitative estimate of drug-likeness (QED) is 0.116. The van der Waals surface area contributed by atoms with Crippen LogP contribution in [0.5, 0.6) is 0 Å². The maximum atomic E-state index is 3.98. The second-order valence-corrected chi connectivity index (χ2v) is 21.8. The van der Waals surface area contributed by atoms with Crippen LogP contribution in [0.3, 0.4) is 0 Å². The summed E-state index contributed by atoms with van der Waals surface area (Å²) >= 11 is 0. The maximum absolute atomic E-state index is 3.98. The summed E-state index contributed by atoms with van der Waals surface area (Å²) < 4.78 is 4.99. The number of hydrogen-bond donors (Lipinski definition) is 0. The van der Waals surface area contributed by atoms with E-state index in [0.717, 1.165) is 30.0 Å². The first-order chi connectivity index (χ1) is 40.5. The minimum Gasteiger partial charge on any atom is -0.341 e. The van der Waals surface area contributed by atoms with Crippen molar-refractivity contribution in [2.24, 2.45) is 0 Å². The topological polar surface area (TPSA) is 48.5 Å². The number of nitrogens with zero attached hydrogens (tertiary/aromatic N) is 5. The van der Waals surface area contributed by atoms with Crippen LogP contribution in [0.1, 0.15) is 150 Å². The Morgan fingerprint density at radius 2 is 0.699 bits per heavy atom. The predicted octanol–water partition coefficient (Wildman–Crippen LogP) is 21.8. The van der Waals surface area contributed by atoms with Crippen LogP contribution < -0.4 is 0 Å². The number of aromatic nitrogens is 5. The van der Waals surface area contributed by atoms with Crippen LogP contribution in [-0.2, 0) is 6.54 Å². The van der Waals surface area contributed by atoms with E-state index in [9.17, 15) is 0 Å². The molecule has 0 bridgehead atoms. The van der Waals surface area contributed by atoms with E-state index in [1.54, 1.807) is 18.6 Å². The van der Waals surface area contributed by atoms with Crippen LogP contribution >= 0.6 is 0 Å². The van der Waals surface area contributed by atoms with Gasteiger partial charge in [-0.1, -0.05) is 211 Å². The Balaban J connectivity index is 0.000000159. The van der Waals surface area contributed by atoms with Gasteiger partial charge in [0.05, 0.1) is 0 Å². The lowest BCUT2D eigenvalue weighted by molar-refractivity contribution is 0.462. The van der Waals surface area contributed by atoms with Crippen molar-refractivity contribution in [1.82, 2.24) is 24.1 Å². The monoisotopic (exact) mass is 1100 g/mol. The van der Waals surface area contributed by atoms with Gasteiger partial charge >= 0.3 is 0 Å². The van der Waals surface area contributed by atoms with Crippen molar-refractivity contribution in [3.05, 3.63) is 295 Å². The summed E-state index contributed by atoms with van der Waals surface area (Å²) in [5.74, 6) is 2.47. The summed E-state index contributed by atoms with van der Waals surface area (Å²) in [5.41, 5.74) is 14.4. The third-order valence-corrected chi connectivity index (χ3v) is 16.0. The van der Waals surface area contributed by atoms with Gasteiger partial charge in [0.1, 0.15) is 0 Å². The molecule has 0 radical (unpaired) electrons. The van der Waals surface area contributed by atoms with E-state index in [1.165, 1.54) is 91.5 Å². The zero-order valence-corrected chi connectivity index (χ0v) is 51.1. The van der Waals surface area contributed by atoms with E-state index >= 15 is 0 Å². The lowest BCUT2D eigenvalue weighted by Gasteiger charge is -2.23. The molecule has 0 aliphatic rings. The number of pyridine rings is 3. The zero-order valence-electron chi connectivity index (χ0n) is 51.1. The van der Waals surface area contributed by atoms with Crippen LogP contribution in [0.15, 0.2) is 255 Å². The molecule has 5 aromatic heterocycles. The van der Waals surface area contributed by atoms with E-state index in [1.807, 2.05) is 75.4 Å². The molecule has 0 saturated heterocycles. The van der Waals surface area contributed by atoms with Crippen molar-refractivity contribution in [2.45, 2.75) is 138 Å². The van der Waals surface area contributed by atoms with Gasteiger partial charge in [-0.05, 0) is 173 Å². The van der Waals surface area contributed by atoms with E-state index in [0.29, 0.717) is 29.7 Å². The molecule has 0 N–H and O–H groups in total. The minimum absolute atomic E-state index is 0.454. The molecule has 5 nitrogen and oxygen atoms in total. The highest BCUT2D eigenvalue weighted by atomic mass is 15.0. The molecule has 5 atom stereocenters. The average molecular weight is 1100 g/mol. The van der Waals surface area contributed by atoms with Gasteiger partial charge in [0.15, 0.2) is 0 Å². The van der Waals surface area contributed by atoms with E-state index in [4.69, 9.17) is 0 Å².